The van der Waals surface area contributed by atoms with Gasteiger partial charge in [-0.05, 0) is 31.2 Å². The Morgan fingerprint density at radius 1 is 1.19 bits per heavy atom. The summed E-state index contributed by atoms with van der Waals surface area (Å²) in [5.74, 6) is -1.18. The molecule has 1 aliphatic heterocycles. The Labute approximate surface area is 150 Å². The van der Waals surface area contributed by atoms with Gasteiger partial charge < -0.3 is 19.1 Å². The summed E-state index contributed by atoms with van der Waals surface area (Å²) in [5, 5.41) is 0. The molecule has 0 radical (unpaired) electrons. The zero-order chi connectivity index (χ0) is 18.7. The van der Waals surface area contributed by atoms with E-state index in [0.29, 0.717) is 11.4 Å². The monoisotopic (exact) mass is 359 g/mol. The first-order valence-corrected chi connectivity index (χ1v) is 8.07. The summed E-state index contributed by atoms with van der Waals surface area (Å²) in [4.78, 5) is 26.2. The van der Waals surface area contributed by atoms with Crippen molar-refractivity contribution >= 4 is 17.6 Å². The molecule has 2 aromatic carbocycles. The molecule has 1 amide bonds. The van der Waals surface area contributed by atoms with Crippen LogP contribution in [0.2, 0.25) is 0 Å². The molecular formula is C19H18FNO5. The molecule has 1 heterocycles. The first-order valence-electron chi connectivity index (χ1n) is 8.07. The number of methoxy groups -OCH3 is 1. The van der Waals surface area contributed by atoms with Gasteiger partial charge in [0.1, 0.15) is 5.75 Å². The number of amides is 1. The van der Waals surface area contributed by atoms with Crippen molar-refractivity contribution in [3.05, 3.63) is 54.3 Å². The first-order chi connectivity index (χ1) is 12.5. The zero-order valence-electron chi connectivity index (χ0n) is 14.3. The number of esters is 1. The van der Waals surface area contributed by atoms with Crippen molar-refractivity contribution < 1.29 is 28.2 Å². The van der Waals surface area contributed by atoms with Gasteiger partial charge in [-0.15, -0.1) is 0 Å². The summed E-state index contributed by atoms with van der Waals surface area (Å²) in [6, 6.07) is 12.7. The van der Waals surface area contributed by atoms with E-state index in [4.69, 9.17) is 14.2 Å². The molecule has 2 aromatic rings. The Hall–Kier alpha value is -3.09. The predicted octanol–water partition coefficient (Wildman–Crippen LogP) is 2.56. The van der Waals surface area contributed by atoms with Crippen molar-refractivity contribution in [1.29, 1.82) is 0 Å². The number of nitrogens with zero attached hydrogens (tertiary/aromatic N) is 1. The molecule has 0 N–H and O–H groups in total. The molecule has 136 valence electrons. The summed E-state index contributed by atoms with van der Waals surface area (Å²) >= 11 is 0. The maximum atomic E-state index is 13.8. The highest BCUT2D eigenvalue weighted by Gasteiger charge is 2.36. The molecule has 26 heavy (non-hydrogen) atoms. The lowest BCUT2D eigenvalue weighted by Crippen LogP contribution is -2.51. The lowest BCUT2D eigenvalue weighted by Gasteiger charge is -2.34. The highest BCUT2D eigenvalue weighted by Crippen LogP contribution is 2.34. The fourth-order valence-corrected chi connectivity index (χ4v) is 2.70. The lowest BCUT2D eigenvalue weighted by molar-refractivity contribution is -0.148. The number of hydrogen-bond acceptors (Lipinski definition) is 5. The van der Waals surface area contributed by atoms with Crippen molar-refractivity contribution in [2.75, 3.05) is 18.6 Å². The number of anilines is 1. The van der Waals surface area contributed by atoms with Crippen molar-refractivity contribution in [2.45, 2.75) is 19.1 Å². The van der Waals surface area contributed by atoms with E-state index in [1.165, 1.54) is 37.1 Å². The third-order valence-electron chi connectivity index (χ3n) is 3.99. The average molecular weight is 359 g/mol. The van der Waals surface area contributed by atoms with Gasteiger partial charge in [-0.1, -0.05) is 24.3 Å². The number of hydrogen-bond donors (Lipinski definition) is 0. The Balaban J connectivity index is 1.85. The summed E-state index contributed by atoms with van der Waals surface area (Å²) in [6.07, 6.45) is -1.91. The molecule has 0 unspecified atom stereocenters. The number of para-hydroxylation sites is 3. The maximum Gasteiger partial charge on any atom is 0.348 e. The topological polar surface area (TPSA) is 65.1 Å². The number of ether oxygens (including phenoxy) is 3. The van der Waals surface area contributed by atoms with Crippen LogP contribution in [0.1, 0.15) is 6.92 Å². The summed E-state index contributed by atoms with van der Waals surface area (Å²) in [7, 11) is 1.25. The SMILES string of the molecule is COC(=O)[C@@H]1CN(C(=O)[C@H](C)Oc2ccccc2F)c2ccccc2O1. The molecule has 0 saturated carbocycles. The van der Waals surface area contributed by atoms with Crippen LogP contribution in [0, 0.1) is 5.82 Å². The molecule has 0 spiro atoms. The van der Waals surface area contributed by atoms with E-state index in [0.717, 1.165) is 0 Å². The van der Waals surface area contributed by atoms with Crippen LogP contribution in [0.15, 0.2) is 48.5 Å². The zero-order valence-corrected chi connectivity index (χ0v) is 14.3. The van der Waals surface area contributed by atoms with Gasteiger partial charge in [-0.2, -0.15) is 0 Å². The van der Waals surface area contributed by atoms with Crippen LogP contribution < -0.4 is 14.4 Å². The molecule has 1 aliphatic rings. The molecule has 0 aromatic heterocycles. The molecule has 7 heteroatoms. The van der Waals surface area contributed by atoms with Crippen LogP contribution in [-0.2, 0) is 14.3 Å². The molecule has 0 saturated heterocycles. The minimum absolute atomic E-state index is 0.0144. The highest BCUT2D eigenvalue weighted by atomic mass is 19.1. The quantitative estimate of drug-likeness (QED) is 0.785. The largest absolute Gasteiger partial charge is 0.478 e. The Bertz CT molecular complexity index is 825. The average Bonchev–Trinajstić information content (AvgIpc) is 2.67. The smallest absolute Gasteiger partial charge is 0.348 e. The van der Waals surface area contributed by atoms with Gasteiger partial charge in [0.2, 0.25) is 6.10 Å². The number of carbonyl (C=O) groups is 2. The standard InChI is InChI=1S/C19H18FNO5/c1-12(25-15-9-5-3-7-13(15)20)18(22)21-11-17(19(23)24-2)26-16-10-6-4-8-14(16)21/h3-10,12,17H,11H2,1-2H3/t12-,17-/m0/s1. The number of fused-ring (bicyclic) bond motifs is 1. The van der Waals surface area contributed by atoms with E-state index in [1.807, 2.05) is 0 Å². The van der Waals surface area contributed by atoms with Crippen LogP contribution in [0.3, 0.4) is 0 Å². The minimum Gasteiger partial charge on any atom is -0.478 e. The highest BCUT2D eigenvalue weighted by molar-refractivity contribution is 5.99. The van der Waals surface area contributed by atoms with Gasteiger partial charge in [0.25, 0.3) is 5.91 Å². The summed E-state index contributed by atoms with van der Waals surface area (Å²) in [5.41, 5.74) is 0.515. The Kier molecular flexibility index (Phi) is 5.06. The number of rotatable bonds is 4. The van der Waals surface area contributed by atoms with Gasteiger partial charge in [0.05, 0.1) is 19.3 Å². The number of benzene rings is 2. The van der Waals surface area contributed by atoms with Gasteiger partial charge >= 0.3 is 5.97 Å². The lowest BCUT2D eigenvalue weighted by atomic mass is 10.1. The van der Waals surface area contributed by atoms with Gasteiger partial charge in [-0.25, -0.2) is 9.18 Å². The fraction of sp³-hybridized carbons (Fsp3) is 0.263. The van der Waals surface area contributed by atoms with Crippen molar-refractivity contribution in [1.82, 2.24) is 0 Å². The van der Waals surface area contributed by atoms with E-state index in [-0.39, 0.29) is 12.3 Å². The number of halogens is 1. The molecule has 0 aliphatic carbocycles. The van der Waals surface area contributed by atoms with Crippen molar-refractivity contribution in [2.24, 2.45) is 0 Å². The van der Waals surface area contributed by atoms with E-state index in [1.54, 1.807) is 30.3 Å². The maximum absolute atomic E-state index is 13.8. The van der Waals surface area contributed by atoms with Crippen LogP contribution >= 0.6 is 0 Å². The Morgan fingerprint density at radius 3 is 2.62 bits per heavy atom. The second kappa shape index (κ2) is 7.43. The van der Waals surface area contributed by atoms with Crippen LogP contribution in [-0.4, -0.2) is 37.7 Å². The van der Waals surface area contributed by atoms with E-state index in [2.05, 4.69) is 0 Å². The molecule has 3 rings (SSSR count). The summed E-state index contributed by atoms with van der Waals surface area (Å²) in [6.45, 7) is 1.51. The van der Waals surface area contributed by atoms with Crippen molar-refractivity contribution in [3.8, 4) is 11.5 Å². The Morgan fingerprint density at radius 2 is 1.88 bits per heavy atom. The van der Waals surface area contributed by atoms with Gasteiger partial charge in [-0.3, -0.25) is 4.79 Å². The predicted molar refractivity (Wildman–Crippen MR) is 91.7 cm³/mol. The molecular weight excluding hydrogens is 341 g/mol. The molecule has 2 atom stereocenters. The normalized spacial score (nSPS) is 16.9. The van der Waals surface area contributed by atoms with E-state index >= 15 is 0 Å². The first kappa shape index (κ1) is 17.7. The van der Waals surface area contributed by atoms with Gasteiger partial charge in [0, 0.05) is 0 Å². The van der Waals surface area contributed by atoms with Crippen LogP contribution in [0.5, 0.6) is 11.5 Å². The second-order valence-corrected chi connectivity index (χ2v) is 5.74. The van der Waals surface area contributed by atoms with E-state index < -0.39 is 29.9 Å². The van der Waals surface area contributed by atoms with E-state index in [9.17, 15) is 14.0 Å². The van der Waals surface area contributed by atoms with Crippen molar-refractivity contribution in [3.63, 3.8) is 0 Å². The molecule has 6 nitrogen and oxygen atoms in total. The number of carbonyl (C=O) groups excluding carboxylic acids is 2. The van der Waals surface area contributed by atoms with Gasteiger partial charge in [0.15, 0.2) is 17.7 Å². The summed E-state index contributed by atoms with van der Waals surface area (Å²) < 4.78 is 29.6. The van der Waals surface area contributed by atoms with Crippen LogP contribution in [0.25, 0.3) is 0 Å². The molecule has 0 fully saturated rings. The van der Waals surface area contributed by atoms with Crippen LogP contribution in [0.4, 0.5) is 10.1 Å². The second-order valence-electron chi connectivity index (χ2n) is 5.74. The molecule has 0 bridgehead atoms. The fourth-order valence-electron chi connectivity index (χ4n) is 2.70. The third-order valence-corrected chi connectivity index (χ3v) is 3.99. The third kappa shape index (κ3) is 3.46. The minimum atomic E-state index is -0.962.